The number of aryl methyl sites for hydroxylation is 1. The Kier molecular flexibility index (Phi) is 6.33. The number of ketones is 1. The number of carbonyl (C=O) groups excluding carboxylic acids is 2. The number of carbonyl (C=O) groups is 2. The molecule has 1 amide bonds. The lowest BCUT2D eigenvalue weighted by atomic mass is 9.76. The van der Waals surface area contributed by atoms with Gasteiger partial charge in [0.25, 0.3) is 0 Å². The fourth-order valence-corrected chi connectivity index (χ4v) is 5.03. The van der Waals surface area contributed by atoms with Gasteiger partial charge in [-0.1, -0.05) is 43.7 Å². The summed E-state index contributed by atoms with van der Waals surface area (Å²) in [7, 11) is 0. The maximum Gasteiger partial charge on any atom is 0.224 e. The van der Waals surface area contributed by atoms with E-state index in [2.05, 4.69) is 54.8 Å². The van der Waals surface area contributed by atoms with Crippen LogP contribution >= 0.6 is 0 Å². The molecule has 2 N–H and O–H groups in total. The summed E-state index contributed by atoms with van der Waals surface area (Å²) in [5.74, 6) is 0.317. The predicted octanol–water partition coefficient (Wildman–Crippen LogP) is 4.63. The van der Waals surface area contributed by atoms with Gasteiger partial charge in [-0.05, 0) is 67.3 Å². The van der Waals surface area contributed by atoms with Gasteiger partial charge in [-0.2, -0.15) is 0 Å². The molecule has 0 aromatic heterocycles. The molecule has 0 fully saturated rings. The number of nitrogens with one attached hydrogen (secondary N) is 2. The number of benzene rings is 2. The third-order valence-corrected chi connectivity index (χ3v) is 6.62. The van der Waals surface area contributed by atoms with E-state index >= 15 is 0 Å². The summed E-state index contributed by atoms with van der Waals surface area (Å²) in [6, 6.07) is 13.0. The van der Waals surface area contributed by atoms with E-state index in [0.29, 0.717) is 18.9 Å². The molecule has 4 heteroatoms. The Balaban J connectivity index is 1.49. The number of fused-ring (bicyclic) bond motifs is 3. The topological polar surface area (TPSA) is 58.2 Å². The van der Waals surface area contributed by atoms with E-state index in [-0.39, 0.29) is 17.6 Å². The maximum absolute atomic E-state index is 13.5. The average molecular weight is 405 g/mol. The lowest BCUT2D eigenvalue weighted by molar-refractivity contribution is -0.116. The first-order chi connectivity index (χ1) is 14.6. The number of hydrogen-bond donors (Lipinski definition) is 2. The second kappa shape index (κ2) is 9.13. The summed E-state index contributed by atoms with van der Waals surface area (Å²) in [5, 5.41) is 6.68. The first kappa shape index (κ1) is 20.8. The van der Waals surface area contributed by atoms with Gasteiger partial charge in [0, 0.05) is 36.2 Å². The quantitative estimate of drug-likeness (QED) is 0.708. The molecule has 158 valence electrons. The molecule has 0 saturated heterocycles. The monoisotopic (exact) mass is 404 g/mol. The molecule has 0 radical (unpaired) electrons. The minimum absolute atomic E-state index is 0.0103. The average Bonchev–Trinajstić information content (AvgIpc) is 2.74. The number of amides is 1. The summed E-state index contributed by atoms with van der Waals surface area (Å²) >= 11 is 0. The van der Waals surface area contributed by atoms with Crippen molar-refractivity contribution in [3.63, 3.8) is 0 Å². The van der Waals surface area contributed by atoms with Crippen LogP contribution < -0.4 is 10.6 Å². The van der Waals surface area contributed by atoms with Crippen LogP contribution in [-0.2, 0) is 24.1 Å². The molecular formula is C26H32N2O2. The van der Waals surface area contributed by atoms with Gasteiger partial charge in [-0.3, -0.25) is 9.59 Å². The summed E-state index contributed by atoms with van der Waals surface area (Å²) in [6.45, 7) is 5.00. The molecule has 4 nitrogen and oxygen atoms in total. The second-order valence-corrected chi connectivity index (χ2v) is 8.80. The van der Waals surface area contributed by atoms with Gasteiger partial charge >= 0.3 is 0 Å². The summed E-state index contributed by atoms with van der Waals surface area (Å²) in [4.78, 5) is 25.3. The van der Waals surface area contributed by atoms with Gasteiger partial charge in [-0.15, -0.1) is 0 Å². The first-order valence-corrected chi connectivity index (χ1v) is 11.3. The summed E-state index contributed by atoms with van der Waals surface area (Å²) in [6.07, 6.45) is 6.20. The molecule has 2 unspecified atom stereocenters. The van der Waals surface area contributed by atoms with Gasteiger partial charge in [0.05, 0.1) is 0 Å². The highest BCUT2D eigenvalue weighted by atomic mass is 16.1. The van der Waals surface area contributed by atoms with Gasteiger partial charge in [-0.25, -0.2) is 0 Å². The van der Waals surface area contributed by atoms with Crippen molar-refractivity contribution >= 4 is 17.4 Å². The lowest BCUT2D eigenvalue weighted by Gasteiger charge is -2.31. The van der Waals surface area contributed by atoms with Crippen molar-refractivity contribution in [3.05, 3.63) is 64.2 Å². The summed E-state index contributed by atoms with van der Waals surface area (Å²) < 4.78 is 0. The van der Waals surface area contributed by atoms with E-state index in [4.69, 9.17) is 0 Å². The number of hydrogen-bond acceptors (Lipinski definition) is 3. The molecule has 1 aliphatic carbocycles. The van der Waals surface area contributed by atoms with Crippen LogP contribution in [0.25, 0.3) is 0 Å². The van der Waals surface area contributed by atoms with Crippen molar-refractivity contribution < 1.29 is 9.59 Å². The molecule has 2 aliphatic rings. The lowest BCUT2D eigenvalue weighted by Crippen LogP contribution is -2.39. The molecule has 0 saturated carbocycles. The minimum Gasteiger partial charge on any atom is -0.326 e. The highest BCUT2D eigenvalue weighted by molar-refractivity contribution is 6.05. The molecule has 1 aliphatic heterocycles. The molecule has 4 rings (SSSR count). The van der Waals surface area contributed by atoms with E-state index in [1.807, 2.05) is 6.07 Å². The summed E-state index contributed by atoms with van der Waals surface area (Å²) in [5.41, 5.74) is 6.46. The van der Waals surface area contributed by atoms with Crippen molar-refractivity contribution in [2.24, 2.45) is 5.92 Å². The van der Waals surface area contributed by atoms with Gasteiger partial charge < -0.3 is 10.6 Å². The molecule has 30 heavy (non-hydrogen) atoms. The van der Waals surface area contributed by atoms with Gasteiger partial charge in [0.15, 0.2) is 5.78 Å². The third kappa shape index (κ3) is 4.34. The van der Waals surface area contributed by atoms with E-state index in [1.165, 1.54) is 11.1 Å². The van der Waals surface area contributed by atoms with Crippen molar-refractivity contribution in [2.75, 3.05) is 11.9 Å². The molecular weight excluding hydrogens is 372 g/mol. The van der Waals surface area contributed by atoms with E-state index in [1.54, 1.807) is 0 Å². The van der Waals surface area contributed by atoms with Crippen molar-refractivity contribution in [1.29, 1.82) is 0 Å². The van der Waals surface area contributed by atoms with Crippen LogP contribution in [0.15, 0.2) is 36.4 Å². The Morgan fingerprint density at radius 3 is 2.67 bits per heavy atom. The number of rotatable bonds is 7. The largest absolute Gasteiger partial charge is 0.326 e. The zero-order valence-electron chi connectivity index (χ0n) is 18.1. The minimum atomic E-state index is 0.0103. The number of Topliss-reactive ketones (excluding diaryl/α,β-unsaturated/α-hetero) is 1. The Hall–Kier alpha value is -2.46. The fraction of sp³-hybridized carbons (Fsp3) is 0.462. The Labute approximate surface area is 179 Å². The molecule has 2 aromatic carbocycles. The van der Waals surface area contributed by atoms with Crippen LogP contribution in [0.2, 0.25) is 0 Å². The van der Waals surface area contributed by atoms with Crippen LogP contribution in [0.5, 0.6) is 0 Å². The second-order valence-electron chi connectivity index (χ2n) is 8.80. The van der Waals surface area contributed by atoms with Crippen LogP contribution in [0.1, 0.15) is 65.2 Å². The molecule has 1 heterocycles. The maximum atomic E-state index is 13.5. The third-order valence-electron chi connectivity index (χ3n) is 6.62. The molecule has 2 aromatic rings. The molecule has 2 atom stereocenters. The fourth-order valence-electron chi connectivity index (χ4n) is 5.03. The molecule has 0 bridgehead atoms. The normalized spacial score (nSPS) is 19.1. The van der Waals surface area contributed by atoms with Crippen LogP contribution in [-0.4, -0.2) is 24.3 Å². The van der Waals surface area contributed by atoms with Crippen LogP contribution in [0, 0.1) is 12.8 Å². The first-order valence-electron chi connectivity index (χ1n) is 11.3. The van der Waals surface area contributed by atoms with E-state index in [0.717, 1.165) is 61.0 Å². The van der Waals surface area contributed by atoms with Crippen molar-refractivity contribution in [1.82, 2.24) is 5.32 Å². The van der Waals surface area contributed by atoms with E-state index in [9.17, 15) is 9.59 Å². The SMILES string of the molecule is CCCC(Cc1ccccc1)NCC1CCc2c(C)cc3c(c2C1=O)CCC(=O)N3. The smallest absolute Gasteiger partial charge is 0.224 e. The Morgan fingerprint density at radius 1 is 1.10 bits per heavy atom. The highest BCUT2D eigenvalue weighted by Crippen LogP contribution is 2.37. The Morgan fingerprint density at radius 2 is 1.90 bits per heavy atom. The Bertz CT molecular complexity index is 936. The standard InChI is InChI=1S/C26H32N2O2/c1-3-7-20(15-18-8-5-4-6-9-18)27-16-19-10-11-21-17(2)14-23-22(25(21)26(19)30)12-13-24(29)28-23/h4-6,8-9,14,19-20,27H,3,7,10-13,15-16H2,1-2H3,(H,28,29). The van der Waals surface area contributed by atoms with Gasteiger partial charge in [0.2, 0.25) is 5.91 Å². The van der Waals surface area contributed by atoms with E-state index < -0.39 is 0 Å². The van der Waals surface area contributed by atoms with Crippen molar-refractivity contribution in [3.8, 4) is 0 Å². The zero-order valence-corrected chi connectivity index (χ0v) is 18.1. The van der Waals surface area contributed by atoms with Crippen LogP contribution in [0.4, 0.5) is 5.69 Å². The van der Waals surface area contributed by atoms with Crippen LogP contribution in [0.3, 0.4) is 0 Å². The number of anilines is 1. The highest BCUT2D eigenvalue weighted by Gasteiger charge is 2.33. The molecule has 0 spiro atoms. The zero-order chi connectivity index (χ0) is 21.1. The van der Waals surface area contributed by atoms with Gasteiger partial charge in [0.1, 0.15) is 0 Å². The van der Waals surface area contributed by atoms with Crippen molar-refractivity contribution in [2.45, 2.75) is 64.8 Å². The predicted molar refractivity (Wildman–Crippen MR) is 121 cm³/mol.